The zero-order valence-corrected chi connectivity index (χ0v) is 8.78. The summed E-state index contributed by atoms with van der Waals surface area (Å²) in [5.74, 6) is 1.27. The molecule has 0 unspecified atom stereocenters. The van der Waals surface area contributed by atoms with Gasteiger partial charge in [0.2, 0.25) is 6.79 Å². The van der Waals surface area contributed by atoms with Crippen molar-refractivity contribution in [2.24, 2.45) is 0 Å². The van der Waals surface area contributed by atoms with Gasteiger partial charge in [-0.05, 0) is 6.07 Å². The predicted octanol–water partition coefficient (Wildman–Crippen LogP) is 1.39. The number of fused-ring (bicyclic) bond motifs is 1. The fraction of sp³-hybridized carbons (Fsp3) is 0.455. The second-order valence-corrected chi connectivity index (χ2v) is 4.27. The molecule has 0 saturated heterocycles. The van der Waals surface area contributed by atoms with Gasteiger partial charge in [0, 0.05) is 17.0 Å². The van der Waals surface area contributed by atoms with Crippen molar-refractivity contribution >= 4 is 0 Å². The summed E-state index contributed by atoms with van der Waals surface area (Å²) in [6, 6.07) is 3.11. The molecule has 0 saturated carbocycles. The number of aromatic hydroxyl groups is 1. The average Bonchev–Trinajstić information content (AvgIpc) is 2.63. The predicted molar refractivity (Wildman–Crippen MR) is 54.3 cm³/mol. The summed E-state index contributed by atoms with van der Waals surface area (Å²) in [6.07, 6.45) is 0. The number of aliphatic hydroxyl groups excluding tert-OH is 1. The van der Waals surface area contributed by atoms with Gasteiger partial charge in [0.1, 0.15) is 5.75 Å². The molecule has 1 heterocycles. The molecule has 1 aromatic carbocycles. The van der Waals surface area contributed by atoms with Crippen LogP contribution in [0.15, 0.2) is 12.1 Å². The molecule has 4 heteroatoms. The van der Waals surface area contributed by atoms with Crippen molar-refractivity contribution in [2.45, 2.75) is 19.3 Å². The molecule has 82 valence electrons. The highest BCUT2D eigenvalue weighted by Gasteiger charge is 2.29. The second-order valence-electron chi connectivity index (χ2n) is 4.27. The number of benzene rings is 1. The number of phenols is 1. The Balaban J connectivity index is 2.56. The van der Waals surface area contributed by atoms with Gasteiger partial charge in [-0.2, -0.15) is 0 Å². The van der Waals surface area contributed by atoms with Gasteiger partial charge in [-0.1, -0.05) is 13.8 Å². The van der Waals surface area contributed by atoms with Crippen LogP contribution in [0, 0.1) is 0 Å². The first-order chi connectivity index (χ1) is 7.04. The van der Waals surface area contributed by atoms with Crippen LogP contribution in [-0.4, -0.2) is 23.6 Å². The van der Waals surface area contributed by atoms with Crippen LogP contribution in [0.1, 0.15) is 19.4 Å². The maximum Gasteiger partial charge on any atom is 0.231 e. The summed E-state index contributed by atoms with van der Waals surface area (Å²) >= 11 is 0. The lowest BCUT2D eigenvalue weighted by molar-refractivity contribution is 0.169. The topological polar surface area (TPSA) is 58.9 Å². The van der Waals surface area contributed by atoms with E-state index in [9.17, 15) is 10.2 Å². The van der Waals surface area contributed by atoms with E-state index in [-0.39, 0.29) is 19.1 Å². The highest BCUT2D eigenvalue weighted by atomic mass is 16.7. The molecule has 15 heavy (non-hydrogen) atoms. The first-order valence-corrected chi connectivity index (χ1v) is 4.78. The molecule has 0 amide bonds. The molecular formula is C11H14O4. The summed E-state index contributed by atoms with van der Waals surface area (Å²) in [5, 5.41) is 18.8. The second kappa shape index (κ2) is 3.31. The third kappa shape index (κ3) is 1.61. The van der Waals surface area contributed by atoms with Crippen LogP contribution in [0.25, 0.3) is 0 Å². The Morgan fingerprint density at radius 3 is 2.73 bits per heavy atom. The normalized spacial score (nSPS) is 14.3. The number of hydrogen-bond donors (Lipinski definition) is 2. The van der Waals surface area contributed by atoms with Crippen LogP contribution in [0.2, 0.25) is 0 Å². The van der Waals surface area contributed by atoms with Crippen molar-refractivity contribution in [3.8, 4) is 17.2 Å². The molecule has 4 nitrogen and oxygen atoms in total. The van der Waals surface area contributed by atoms with Crippen LogP contribution in [0.5, 0.6) is 17.2 Å². The van der Waals surface area contributed by atoms with Crippen molar-refractivity contribution in [3.63, 3.8) is 0 Å². The Morgan fingerprint density at radius 2 is 2.07 bits per heavy atom. The van der Waals surface area contributed by atoms with Crippen molar-refractivity contribution in [2.75, 3.05) is 13.4 Å². The van der Waals surface area contributed by atoms with Gasteiger partial charge in [-0.25, -0.2) is 0 Å². The Hall–Kier alpha value is -1.42. The largest absolute Gasteiger partial charge is 0.508 e. The van der Waals surface area contributed by atoms with Crippen LogP contribution in [0.4, 0.5) is 0 Å². The number of aliphatic hydroxyl groups is 1. The first kappa shape index (κ1) is 10.1. The van der Waals surface area contributed by atoms with Gasteiger partial charge in [0.25, 0.3) is 0 Å². The minimum Gasteiger partial charge on any atom is -0.508 e. The quantitative estimate of drug-likeness (QED) is 0.774. The minimum absolute atomic E-state index is 0.0216. The summed E-state index contributed by atoms with van der Waals surface area (Å²) in [4.78, 5) is 0. The first-order valence-electron chi connectivity index (χ1n) is 4.78. The zero-order valence-electron chi connectivity index (χ0n) is 8.78. The Labute approximate surface area is 88.1 Å². The summed E-state index contributed by atoms with van der Waals surface area (Å²) < 4.78 is 10.5. The summed E-state index contributed by atoms with van der Waals surface area (Å²) in [5.41, 5.74) is 0.300. The SMILES string of the molecule is CC(C)(CO)c1cc(O)cc2c1OCO2. The summed E-state index contributed by atoms with van der Waals surface area (Å²) in [6.45, 7) is 3.90. The van der Waals surface area contributed by atoms with Gasteiger partial charge in [0.15, 0.2) is 11.5 Å². The molecule has 1 aliphatic heterocycles. The van der Waals surface area contributed by atoms with Crippen LogP contribution in [-0.2, 0) is 5.41 Å². The number of phenolic OH excluding ortho intramolecular Hbond substituents is 1. The van der Waals surface area contributed by atoms with Gasteiger partial charge >= 0.3 is 0 Å². The van der Waals surface area contributed by atoms with E-state index in [0.29, 0.717) is 11.5 Å². The van der Waals surface area contributed by atoms with E-state index in [1.54, 1.807) is 6.07 Å². The molecule has 0 aliphatic carbocycles. The molecule has 1 aliphatic rings. The molecule has 0 radical (unpaired) electrons. The average molecular weight is 210 g/mol. The van der Waals surface area contributed by atoms with E-state index in [1.807, 2.05) is 13.8 Å². The van der Waals surface area contributed by atoms with Crippen LogP contribution >= 0.6 is 0 Å². The van der Waals surface area contributed by atoms with Gasteiger partial charge in [0.05, 0.1) is 6.61 Å². The smallest absolute Gasteiger partial charge is 0.231 e. The highest BCUT2D eigenvalue weighted by Crippen LogP contribution is 2.43. The lowest BCUT2D eigenvalue weighted by Crippen LogP contribution is -2.22. The van der Waals surface area contributed by atoms with E-state index in [2.05, 4.69) is 0 Å². The zero-order chi connectivity index (χ0) is 11.1. The minimum atomic E-state index is -0.462. The molecule has 2 N–H and O–H groups in total. The van der Waals surface area contributed by atoms with Crippen molar-refractivity contribution in [1.82, 2.24) is 0 Å². The van der Waals surface area contributed by atoms with E-state index in [0.717, 1.165) is 5.56 Å². The van der Waals surface area contributed by atoms with E-state index in [1.165, 1.54) is 6.07 Å². The molecule has 0 bridgehead atoms. The van der Waals surface area contributed by atoms with Crippen LogP contribution < -0.4 is 9.47 Å². The highest BCUT2D eigenvalue weighted by molar-refractivity contribution is 5.55. The Bertz CT molecular complexity index is 384. The summed E-state index contributed by atoms with van der Waals surface area (Å²) in [7, 11) is 0. The Morgan fingerprint density at radius 1 is 1.33 bits per heavy atom. The van der Waals surface area contributed by atoms with Crippen molar-refractivity contribution < 1.29 is 19.7 Å². The third-order valence-corrected chi connectivity index (χ3v) is 2.58. The van der Waals surface area contributed by atoms with Crippen molar-refractivity contribution in [1.29, 1.82) is 0 Å². The fourth-order valence-corrected chi connectivity index (χ4v) is 1.58. The number of rotatable bonds is 2. The van der Waals surface area contributed by atoms with Gasteiger partial charge < -0.3 is 19.7 Å². The maximum atomic E-state index is 9.52. The number of ether oxygens (including phenoxy) is 2. The Kier molecular flexibility index (Phi) is 2.23. The molecule has 2 rings (SSSR count). The molecule has 1 aromatic rings. The van der Waals surface area contributed by atoms with E-state index >= 15 is 0 Å². The van der Waals surface area contributed by atoms with E-state index < -0.39 is 5.41 Å². The molecule has 0 fully saturated rings. The maximum absolute atomic E-state index is 9.52. The number of hydrogen-bond acceptors (Lipinski definition) is 4. The molecule has 0 spiro atoms. The molecule has 0 aromatic heterocycles. The third-order valence-electron chi connectivity index (χ3n) is 2.58. The van der Waals surface area contributed by atoms with Crippen LogP contribution in [0.3, 0.4) is 0 Å². The standard InChI is InChI=1S/C11H14O4/c1-11(2,5-12)8-3-7(13)4-9-10(8)15-6-14-9/h3-4,12-13H,5-6H2,1-2H3. The van der Waals surface area contributed by atoms with Gasteiger partial charge in [-0.3, -0.25) is 0 Å². The van der Waals surface area contributed by atoms with Gasteiger partial charge in [-0.15, -0.1) is 0 Å². The lowest BCUT2D eigenvalue weighted by atomic mass is 9.84. The fourth-order valence-electron chi connectivity index (χ4n) is 1.58. The molecular weight excluding hydrogens is 196 g/mol. The van der Waals surface area contributed by atoms with E-state index in [4.69, 9.17) is 9.47 Å². The monoisotopic (exact) mass is 210 g/mol. The lowest BCUT2D eigenvalue weighted by Gasteiger charge is -2.23. The molecule has 0 atom stereocenters. The van der Waals surface area contributed by atoms with Crippen molar-refractivity contribution in [3.05, 3.63) is 17.7 Å².